The maximum Gasteiger partial charge on any atom is 0.161 e. The summed E-state index contributed by atoms with van der Waals surface area (Å²) < 4.78 is 10.5. The number of benzene rings is 1. The largest absolute Gasteiger partial charge is 0.493 e. The van der Waals surface area contributed by atoms with Gasteiger partial charge in [-0.15, -0.1) is 0 Å². The Morgan fingerprint density at radius 2 is 1.94 bits per heavy atom. The van der Waals surface area contributed by atoms with Crippen LogP contribution in [0.1, 0.15) is 24.9 Å². The molecule has 0 bridgehead atoms. The first kappa shape index (κ1) is 11.3. The minimum Gasteiger partial charge on any atom is -0.493 e. The van der Waals surface area contributed by atoms with Gasteiger partial charge in [0.15, 0.2) is 11.5 Å². The molecule has 1 aromatic rings. The summed E-state index contributed by atoms with van der Waals surface area (Å²) in [4.78, 5) is 0. The van der Waals surface area contributed by atoms with Crippen molar-refractivity contribution in [3.8, 4) is 11.5 Å². The summed E-state index contributed by atoms with van der Waals surface area (Å²) in [5.41, 5.74) is 1.28. The summed E-state index contributed by atoms with van der Waals surface area (Å²) in [7, 11) is 3.33. The second-order valence-corrected chi connectivity index (χ2v) is 4.42. The van der Waals surface area contributed by atoms with Gasteiger partial charge in [-0.05, 0) is 36.6 Å². The quantitative estimate of drug-likeness (QED) is 0.850. The van der Waals surface area contributed by atoms with E-state index in [4.69, 9.17) is 9.47 Å². The fraction of sp³-hybridized carbons (Fsp3) is 0.538. The fourth-order valence-electron chi connectivity index (χ4n) is 2.24. The maximum atomic E-state index is 5.31. The van der Waals surface area contributed by atoms with E-state index < -0.39 is 0 Å². The highest BCUT2D eigenvalue weighted by Crippen LogP contribution is 2.33. The molecule has 16 heavy (non-hydrogen) atoms. The molecule has 1 heterocycles. The molecule has 88 valence electrons. The first-order valence-corrected chi connectivity index (χ1v) is 5.70. The molecule has 1 aliphatic rings. The van der Waals surface area contributed by atoms with Crippen molar-refractivity contribution in [3.05, 3.63) is 23.8 Å². The van der Waals surface area contributed by atoms with Gasteiger partial charge in [-0.3, -0.25) is 0 Å². The topological polar surface area (TPSA) is 30.5 Å². The third kappa shape index (κ3) is 2.14. The Labute approximate surface area is 96.8 Å². The second-order valence-electron chi connectivity index (χ2n) is 4.42. The Bertz CT molecular complexity index is 365. The fourth-order valence-corrected chi connectivity index (χ4v) is 2.24. The number of hydrogen-bond acceptors (Lipinski definition) is 3. The summed E-state index contributed by atoms with van der Waals surface area (Å²) in [6, 6.07) is 6.60. The van der Waals surface area contributed by atoms with Crippen LogP contribution < -0.4 is 14.8 Å². The van der Waals surface area contributed by atoms with E-state index in [9.17, 15) is 0 Å². The number of nitrogens with one attached hydrogen (secondary N) is 1. The van der Waals surface area contributed by atoms with Crippen LogP contribution in [-0.4, -0.2) is 20.8 Å². The van der Waals surface area contributed by atoms with Gasteiger partial charge in [0.1, 0.15) is 0 Å². The predicted octanol–water partition coefficient (Wildman–Crippen LogP) is 2.37. The lowest BCUT2D eigenvalue weighted by atomic mass is 10.0. The molecular formula is C13H19NO2. The van der Waals surface area contributed by atoms with Gasteiger partial charge < -0.3 is 14.8 Å². The van der Waals surface area contributed by atoms with Gasteiger partial charge in [-0.1, -0.05) is 13.0 Å². The average Bonchev–Trinajstić information content (AvgIpc) is 2.75. The van der Waals surface area contributed by atoms with Gasteiger partial charge in [0.05, 0.1) is 14.2 Å². The highest BCUT2D eigenvalue weighted by molar-refractivity contribution is 5.43. The molecule has 0 aromatic heterocycles. The van der Waals surface area contributed by atoms with Crippen LogP contribution in [0.2, 0.25) is 0 Å². The van der Waals surface area contributed by atoms with Crippen LogP contribution >= 0.6 is 0 Å². The van der Waals surface area contributed by atoms with E-state index >= 15 is 0 Å². The Morgan fingerprint density at radius 1 is 1.19 bits per heavy atom. The van der Waals surface area contributed by atoms with Crippen molar-refractivity contribution in [2.24, 2.45) is 5.92 Å². The first-order chi connectivity index (χ1) is 7.74. The molecule has 3 heteroatoms. The predicted molar refractivity (Wildman–Crippen MR) is 64.1 cm³/mol. The van der Waals surface area contributed by atoms with E-state index in [1.807, 2.05) is 6.07 Å². The molecular weight excluding hydrogens is 202 g/mol. The van der Waals surface area contributed by atoms with Gasteiger partial charge in [0.25, 0.3) is 0 Å². The minimum absolute atomic E-state index is 0.454. The zero-order chi connectivity index (χ0) is 11.5. The maximum absolute atomic E-state index is 5.31. The molecule has 0 amide bonds. The van der Waals surface area contributed by atoms with Crippen molar-refractivity contribution in [3.63, 3.8) is 0 Å². The third-order valence-corrected chi connectivity index (χ3v) is 3.16. The number of ether oxygens (including phenoxy) is 2. The van der Waals surface area contributed by atoms with Crippen LogP contribution in [0.5, 0.6) is 11.5 Å². The summed E-state index contributed by atoms with van der Waals surface area (Å²) in [5, 5.41) is 3.52. The molecule has 3 nitrogen and oxygen atoms in total. The molecule has 0 spiro atoms. The van der Waals surface area contributed by atoms with Crippen molar-refractivity contribution in [2.45, 2.75) is 19.4 Å². The van der Waals surface area contributed by atoms with E-state index in [2.05, 4.69) is 24.4 Å². The number of methoxy groups -OCH3 is 2. The van der Waals surface area contributed by atoms with E-state index in [-0.39, 0.29) is 0 Å². The van der Waals surface area contributed by atoms with E-state index in [0.29, 0.717) is 6.04 Å². The average molecular weight is 221 g/mol. The summed E-state index contributed by atoms with van der Waals surface area (Å²) in [6.07, 6.45) is 1.19. The van der Waals surface area contributed by atoms with Gasteiger partial charge in [-0.2, -0.15) is 0 Å². The molecule has 0 radical (unpaired) electrons. The van der Waals surface area contributed by atoms with Gasteiger partial charge in [0.2, 0.25) is 0 Å². The SMILES string of the molecule is COc1ccc([C@H]2C[C@@H](C)CN2)cc1OC. The normalized spacial score (nSPS) is 24.4. The Kier molecular flexibility index (Phi) is 3.34. The summed E-state index contributed by atoms with van der Waals surface area (Å²) in [6.45, 7) is 3.37. The van der Waals surface area contributed by atoms with Crippen molar-refractivity contribution < 1.29 is 9.47 Å². The molecule has 1 aliphatic heterocycles. The molecule has 1 N–H and O–H groups in total. The van der Waals surface area contributed by atoms with Gasteiger partial charge >= 0.3 is 0 Å². The van der Waals surface area contributed by atoms with Crippen molar-refractivity contribution in [1.82, 2.24) is 5.32 Å². The van der Waals surface area contributed by atoms with Crippen LogP contribution in [0, 0.1) is 5.92 Å². The first-order valence-electron chi connectivity index (χ1n) is 5.70. The Hall–Kier alpha value is -1.22. The van der Waals surface area contributed by atoms with E-state index in [0.717, 1.165) is 24.0 Å². The number of rotatable bonds is 3. The standard InChI is InChI=1S/C13H19NO2/c1-9-6-11(14-8-9)10-4-5-12(15-2)13(7-10)16-3/h4-5,7,9,11,14H,6,8H2,1-3H3/t9-,11-/m1/s1. The summed E-state index contributed by atoms with van der Waals surface area (Å²) >= 11 is 0. The monoisotopic (exact) mass is 221 g/mol. The lowest BCUT2D eigenvalue weighted by Gasteiger charge is -2.14. The molecule has 2 rings (SSSR count). The minimum atomic E-state index is 0.454. The van der Waals surface area contributed by atoms with Crippen LogP contribution in [0.25, 0.3) is 0 Å². The zero-order valence-electron chi connectivity index (χ0n) is 10.1. The second kappa shape index (κ2) is 4.74. The molecule has 1 fully saturated rings. The van der Waals surface area contributed by atoms with Crippen LogP contribution in [0.4, 0.5) is 0 Å². The van der Waals surface area contributed by atoms with Crippen LogP contribution in [0.15, 0.2) is 18.2 Å². The molecule has 1 aromatic carbocycles. The Balaban J connectivity index is 2.22. The molecule has 0 aliphatic carbocycles. The molecule has 0 saturated carbocycles. The smallest absolute Gasteiger partial charge is 0.161 e. The van der Waals surface area contributed by atoms with E-state index in [1.165, 1.54) is 12.0 Å². The number of hydrogen-bond donors (Lipinski definition) is 1. The molecule has 0 unspecified atom stereocenters. The van der Waals surface area contributed by atoms with Gasteiger partial charge in [-0.25, -0.2) is 0 Å². The van der Waals surface area contributed by atoms with Crippen LogP contribution in [0.3, 0.4) is 0 Å². The zero-order valence-corrected chi connectivity index (χ0v) is 10.1. The third-order valence-electron chi connectivity index (χ3n) is 3.16. The van der Waals surface area contributed by atoms with Crippen molar-refractivity contribution in [2.75, 3.05) is 20.8 Å². The Morgan fingerprint density at radius 3 is 2.50 bits per heavy atom. The molecule has 2 atom stereocenters. The van der Waals surface area contributed by atoms with Crippen molar-refractivity contribution >= 4 is 0 Å². The summed E-state index contributed by atoms with van der Waals surface area (Å²) in [5.74, 6) is 2.34. The lowest BCUT2D eigenvalue weighted by Crippen LogP contribution is -2.13. The van der Waals surface area contributed by atoms with Crippen LogP contribution in [-0.2, 0) is 0 Å². The molecule has 1 saturated heterocycles. The van der Waals surface area contributed by atoms with Crippen molar-refractivity contribution in [1.29, 1.82) is 0 Å². The highest BCUT2D eigenvalue weighted by Gasteiger charge is 2.22. The lowest BCUT2D eigenvalue weighted by molar-refractivity contribution is 0.354. The van der Waals surface area contributed by atoms with Gasteiger partial charge in [0, 0.05) is 6.04 Å². The highest BCUT2D eigenvalue weighted by atomic mass is 16.5. The van der Waals surface area contributed by atoms with E-state index in [1.54, 1.807) is 14.2 Å².